The number of carbonyl (C=O) groups excluding carboxylic acids is 1. The molecule has 1 aromatic rings. The van der Waals surface area contributed by atoms with E-state index in [1.807, 2.05) is 4.90 Å². The summed E-state index contributed by atoms with van der Waals surface area (Å²) >= 11 is 0. The van der Waals surface area contributed by atoms with Crippen molar-refractivity contribution in [2.24, 2.45) is 11.1 Å². The van der Waals surface area contributed by atoms with Gasteiger partial charge in [-0.25, -0.2) is 0 Å². The minimum absolute atomic E-state index is 0.000331. The van der Waals surface area contributed by atoms with Gasteiger partial charge in [-0.15, -0.1) is 0 Å². The highest BCUT2D eigenvalue weighted by Crippen LogP contribution is 2.29. The molecule has 0 bridgehead atoms. The highest BCUT2D eigenvalue weighted by Gasteiger charge is 2.33. The van der Waals surface area contributed by atoms with E-state index in [9.17, 15) is 4.79 Å². The molecule has 1 aliphatic rings. The van der Waals surface area contributed by atoms with Crippen LogP contribution in [0.25, 0.3) is 0 Å². The molecule has 0 aliphatic carbocycles. The smallest absolute Gasteiger partial charge is 0.253 e. The van der Waals surface area contributed by atoms with Gasteiger partial charge in [0.2, 0.25) is 0 Å². The van der Waals surface area contributed by atoms with Crippen LogP contribution in [0, 0.1) is 5.41 Å². The number of carbonyl (C=O) groups is 1. The van der Waals surface area contributed by atoms with Crippen LogP contribution in [0.4, 0.5) is 0 Å². The lowest BCUT2D eigenvalue weighted by molar-refractivity contribution is -0.143. The van der Waals surface area contributed by atoms with Gasteiger partial charge in [0.1, 0.15) is 6.10 Å². The van der Waals surface area contributed by atoms with Crippen LogP contribution in [-0.4, -0.2) is 47.3 Å². The number of nitrogens with one attached hydrogen (secondary N) is 1. The Morgan fingerprint density at radius 3 is 3.05 bits per heavy atom. The van der Waals surface area contributed by atoms with E-state index in [1.54, 1.807) is 6.20 Å². The molecule has 1 unspecified atom stereocenters. The van der Waals surface area contributed by atoms with Crippen LogP contribution in [-0.2, 0) is 22.5 Å². The largest absolute Gasteiger partial charge is 0.370 e. The van der Waals surface area contributed by atoms with Gasteiger partial charge in [0.25, 0.3) is 5.91 Å². The number of methoxy groups -OCH3 is 1. The van der Waals surface area contributed by atoms with Gasteiger partial charge in [0.15, 0.2) is 0 Å². The maximum atomic E-state index is 12.4. The first kappa shape index (κ1) is 14.0. The zero-order chi connectivity index (χ0) is 14.0. The fourth-order valence-corrected chi connectivity index (χ4v) is 2.60. The van der Waals surface area contributed by atoms with Gasteiger partial charge in [-0.2, -0.15) is 5.10 Å². The highest BCUT2D eigenvalue weighted by atomic mass is 16.5. The van der Waals surface area contributed by atoms with Crippen LogP contribution >= 0.6 is 0 Å². The first-order valence-electron chi connectivity index (χ1n) is 6.49. The van der Waals surface area contributed by atoms with Gasteiger partial charge in [0.05, 0.1) is 6.20 Å². The molecular formula is C13H22N4O2. The zero-order valence-electron chi connectivity index (χ0n) is 11.8. The van der Waals surface area contributed by atoms with Gasteiger partial charge in [-0.3, -0.25) is 9.89 Å². The van der Waals surface area contributed by atoms with Crippen molar-refractivity contribution in [3.8, 4) is 0 Å². The third kappa shape index (κ3) is 2.96. The molecule has 0 aromatic carbocycles. The Morgan fingerprint density at radius 2 is 2.42 bits per heavy atom. The number of aromatic amines is 1. The van der Waals surface area contributed by atoms with E-state index in [0.717, 1.165) is 17.7 Å². The molecule has 1 aromatic heterocycles. The lowest BCUT2D eigenvalue weighted by Gasteiger charge is -2.31. The predicted molar refractivity (Wildman–Crippen MR) is 71.3 cm³/mol. The standard InChI is InChI=1S/C13H22N4O2/c1-13(2)4-10-9(6-15-16-10)7-17(8-13)12(18)11(5-14)19-3/h6,11H,4-5,7-8,14H2,1-3H3,(H,15,16). The summed E-state index contributed by atoms with van der Waals surface area (Å²) in [6.45, 7) is 5.74. The number of H-pyrrole nitrogens is 1. The number of hydrogen-bond donors (Lipinski definition) is 2. The van der Waals surface area contributed by atoms with Crippen molar-refractivity contribution in [2.75, 3.05) is 20.2 Å². The van der Waals surface area contributed by atoms with E-state index in [1.165, 1.54) is 7.11 Å². The first-order valence-corrected chi connectivity index (χ1v) is 6.49. The quantitative estimate of drug-likeness (QED) is 0.824. The maximum Gasteiger partial charge on any atom is 0.253 e. The van der Waals surface area contributed by atoms with E-state index in [4.69, 9.17) is 10.5 Å². The molecule has 1 aliphatic heterocycles. The average Bonchev–Trinajstić information content (AvgIpc) is 2.71. The Hall–Kier alpha value is -1.40. The minimum Gasteiger partial charge on any atom is -0.370 e. The van der Waals surface area contributed by atoms with Crippen LogP contribution in [0.2, 0.25) is 0 Å². The van der Waals surface area contributed by atoms with Gasteiger partial charge >= 0.3 is 0 Å². The number of aromatic nitrogens is 2. The number of amides is 1. The van der Waals surface area contributed by atoms with Gasteiger partial charge in [-0.05, 0) is 11.8 Å². The molecule has 2 rings (SSSR count). The van der Waals surface area contributed by atoms with Crippen LogP contribution < -0.4 is 5.73 Å². The van der Waals surface area contributed by atoms with Crippen molar-refractivity contribution in [3.05, 3.63) is 17.5 Å². The van der Waals surface area contributed by atoms with E-state index in [2.05, 4.69) is 24.0 Å². The average molecular weight is 266 g/mol. The van der Waals surface area contributed by atoms with Crippen LogP contribution in [0.1, 0.15) is 25.1 Å². The van der Waals surface area contributed by atoms with Crippen LogP contribution in [0.5, 0.6) is 0 Å². The number of ether oxygens (including phenoxy) is 1. The molecule has 106 valence electrons. The number of fused-ring (bicyclic) bond motifs is 1. The fraction of sp³-hybridized carbons (Fsp3) is 0.692. The summed E-state index contributed by atoms with van der Waals surface area (Å²) in [5, 5.41) is 7.10. The van der Waals surface area contributed by atoms with Crippen molar-refractivity contribution in [1.82, 2.24) is 15.1 Å². The Morgan fingerprint density at radius 1 is 1.68 bits per heavy atom. The molecule has 3 N–H and O–H groups in total. The number of rotatable bonds is 3. The van der Waals surface area contributed by atoms with E-state index in [0.29, 0.717) is 13.1 Å². The fourth-order valence-electron chi connectivity index (χ4n) is 2.60. The summed E-state index contributed by atoms with van der Waals surface area (Å²) < 4.78 is 5.15. The highest BCUT2D eigenvalue weighted by molar-refractivity contribution is 5.81. The summed E-state index contributed by atoms with van der Waals surface area (Å²) in [7, 11) is 1.52. The third-order valence-electron chi connectivity index (χ3n) is 3.53. The lowest BCUT2D eigenvalue weighted by atomic mass is 9.87. The van der Waals surface area contributed by atoms with Gasteiger partial charge in [-0.1, -0.05) is 13.8 Å². The third-order valence-corrected chi connectivity index (χ3v) is 3.53. The number of nitrogens with two attached hydrogens (primary N) is 1. The second-order valence-corrected chi connectivity index (χ2v) is 5.87. The molecule has 6 heteroatoms. The molecule has 19 heavy (non-hydrogen) atoms. The normalized spacial score (nSPS) is 19.7. The number of hydrogen-bond acceptors (Lipinski definition) is 4. The van der Waals surface area contributed by atoms with Crippen molar-refractivity contribution >= 4 is 5.91 Å². The molecule has 0 radical (unpaired) electrons. The Balaban J connectivity index is 2.24. The Labute approximate surface area is 113 Å². The van der Waals surface area contributed by atoms with Gasteiger partial charge < -0.3 is 15.4 Å². The summed E-state index contributed by atoms with van der Waals surface area (Å²) in [6, 6.07) is 0. The Kier molecular flexibility index (Phi) is 3.91. The molecule has 1 atom stereocenters. The van der Waals surface area contributed by atoms with E-state index < -0.39 is 6.10 Å². The van der Waals surface area contributed by atoms with Crippen LogP contribution in [0.15, 0.2) is 6.20 Å². The molecule has 0 spiro atoms. The van der Waals surface area contributed by atoms with Gasteiger partial charge in [0, 0.05) is 38.0 Å². The summed E-state index contributed by atoms with van der Waals surface area (Å²) in [4.78, 5) is 14.2. The molecule has 0 fully saturated rings. The topological polar surface area (TPSA) is 84.2 Å². The monoisotopic (exact) mass is 266 g/mol. The van der Waals surface area contributed by atoms with Crippen molar-refractivity contribution < 1.29 is 9.53 Å². The zero-order valence-corrected chi connectivity index (χ0v) is 11.8. The van der Waals surface area contributed by atoms with Crippen molar-refractivity contribution in [3.63, 3.8) is 0 Å². The summed E-state index contributed by atoms with van der Waals surface area (Å²) in [5.74, 6) is -0.0490. The molecular weight excluding hydrogens is 244 g/mol. The summed E-state index contributed by atoms with van der Waals surface area (Å²) in [5.41, 5.74) is 7.77. The molecule has 1 amide bonds. The second kappa shape index (κ2) is 5.30. The van der Waals surface area contributed by atoms with Crippen molar-refractivity contribution in [2.45, 2.75) is 32.9 Å². The van der Waals surface area contributed by atoms with Crippen molar-refractivity contribution in [1.29, 1.82) is 0 Å². The van der Waals surface area contributed by atoms with E-state index in [-0.39, 0.29) is 17.9 Å². The Bertz CT molecular complexity index is 451. The lowest BCUT2D eigenvalue weighted by Crippen LogP contribution is -2.46. The molecule has 2 heterocycles. The predicted octanol–water partition coefficient (Wildman–Crippen LogP) is 0.294. The SMILES string of the molecule is COC(CN)C(=O)N1Cc2cn[nH]c2CC(C)(C)C1. The molecule has 6 nitrogen and oxygen atoms in total. The molecule has 0 saturated heterocycles. The van der Waals surface area contributed by atoms with E-state index >= 15 is 0 Å². The first-order chi connectivity index (χ1) is 8.96. The number of nitrogens with zero attached hydrogens (tertiary/aromatic N) is 2. The summed E-state index contributed by atoms with van der Waals surface area (Å²) in [6.07, 6.45) is 2.11. The maximum absolute atomic E-state index is 12.4. The second-order valence-electron chi connectivity index (χ2n) is 5.87. The van der Waals surface area contributed by atoms with Crippen LogP contribution in [0.3, 0.4) is 0 Å². The molecule has 0 saturated carbocycles. The minimum atomic E-state index is -0.566.